The summed E-state index contributed by atoms with van der Waals surface area (Å²) in [5.74, 6) is 1.16. The molecule has 0 unspecified atom stereocenters. The van der Waals surface area contributed by atoms with Crippen LogP contribution in [0.25, 0.3) is 0 Å². The highest BCUT2D eigenvalue weighted by Gasteiger charge is 2.11. The van der Waals surface area contributed by atoms with Crippen LogP contribution in [0.2, 0.25) is 0 Å². The van der Waals surface area contributed by atoms with Gasteiger partial charge in [0.1, 0.15) is 18.2 Å². The first-order valence-electron chi connectivity index (χ1n) is 6.61. The second-order valence-corrected chi connectivity index (χ2v) is 4.73. The zero-order valence-electron chi connectivity index (χ0n) is 12.0. The largest absolute Gasteiger partial charge is 0.492 e. The van der Waals surface area contributed by atoms with Crippen LogP contribution in [0.3, 0.4) is 0 Å². The predicted molar refractivity (Wildman–Crippen MR) is 79.7 cm³/mol. The minimum atomic E-state index is -1.53. The van der Waals surface area contributed by atoms with Crippen molar-refractivity contribution < 1.29 is 14.8 Å². The Bertz CT molecular complexity index is 685. The Morgan fingerprint density at radius 3 is 2.71 bits per heavy atom. The van der Waals surface area contributed by atoms with E-state index < -0.39 is 7.12 Å². The quantitative estimate of drug-likeness (QED) is 0.733. The molecule has 0 radical (unpaired) electrons. The van der Waals surface area contributed by atoms with E-state index in [-0.39, 0.29) is 12.2 Å². The molecule has 1 aromatic carbocycles. The molecule has 0 aliphatic rings. The zero-order valence-corrected chi connectivity index (χ0v) is 12.0. The number of rotatable bonds is 5. The molecule has 0 aliphatic heterocycles. The van der Waals surface area contributed by atoms with Crippen molar-refractivity contribution in [3.63, 3.8) is 0 Å². The lowest BCUT2D eigenvalue weighted by Gasteiger charge is -2.11. The maximum atomic E-state index is 11.8. The van der Waals surface area contributed by atoms with Crippen LogP contribution in [0.15, 0.2) is 35.1 Å². The van der Waals surface area contributed by atoms with Crippen LogP contribution in [0.4, 0.5) is 0 Å². The highest BCUT2D eigenvalue weighted by atomic mass is 16.5. The molecule has 0 saturated heterocycles. The smallest absolute Gasteiger partial charge is 0.488 e. The molecule has 0 atom stereocenters. The Balaban J connectivity index is 2.02. The number of benzene rings is 1. The van der Waals surface area contributed by atoms with Crippen molar-refractivity contribution in [3.05, 3.63) is 52.2 Å². The Kier molecular flexibility index (Phi) is 4.77. The highest BCUT2D eigenvalue weighted by molar-refractivity contribution is 6.58. The van der Waals surface area contributed by atoms with E-state index in [1.165, 1.54) is 10.6 Å². The fourth-order valence-electron chi connectivity index (χ4n) is 2.06. The molecular formula is C14H17BN2O4. The molecular weight excluding hydrogens is 271 g/mol. The molecule has 0 fully saturated rings. The van der Waals surface area contributed by atoms with Crippen LogP contribution in [-0.4, -0.2) is 33.3 Å². The van der Waals surface area contributed by atoms with Gasteiger partial charge in [-0.15, -0.1) is 0 Å². The van der Waals surface area contributed by atoms with Crippen molar-refractivity contribution in [1.82, 2.24) is 9.55 Å². The standard InChI is InChI=1S/C14H17BN2O4/c1-10-8-14(18)17(11(2)16-10)6-7-21-13-5-3-4-12(9-13)15(19)20/h3-5,8-9,19-20H,6-7H2,1-2H3. The molecule has 7 heteroatoms. The second kappa shape index (κ2) is 6.56. The van der Waals surface area contributed by atoms with Gasteiger partial charge in [0.05, 0.1) is 6.54 Å². The number of aryl methyl sites for hydroxylation is 2. The van der Waals surface area contributed by atoms with Crippen molar-refractivity contribution in [2.75, 3.05) is 6.61 Å². The first-order valence-corrected chi connectivity index (χ1v) is 6.61. The summed E-state index contributed by atoms with van der Waals surface area (Å²) in [7, 11) is -1.53. The van der Waals surface area contributed by atoms with Gasteiger partial charge in [0, 0.05) is 11.8 Å². The molecule has 0 amide bonds. The fourth-order valence-corrected chi connectivity index (χ4v) is 2.06. The summed E-state index contributed by atoms with van der Waals surface area (Å²) in [4.78, 5) is 16.1. The van der Waals surface area contributed by atoms with Crippen molar-refractivity contribution >= 4 is 12.6 Å². The lowest BCUT2D eigenvalue weighted by molar-refractivity contribution is 0.294. The van der Waals surface area contributed by atoms with Crippen LogP contribution in [0.1, 0.15) is 11.5 Å². The van der Waals surface area contributed by atoms with Crippen molar-refractivity contribution in [3.8, 4) is 5.75 Å². The first kappa shape index (κ1) is 15.3. The summed E-state index contributed by atoms with van der Waals surface area (Å²) in [5.41, 5.74) is 0.945. The minimum absolute atomic E-state index is 0.108. The van der Waals surface area contributed by atoms with E-state index in [0.717, 1.165) is 0 Å². The molecule has 1 heterocycles. The third-order valence-corrected chi connectivity index (χ3v) is 3.07. The van der Waals surface area contributed by atoms with E-state index in [1.807, 2.05) is 0 Å². The molecule has 1 aromatic heterocycles. The molecule has 2 rings (SSSR count). The summed E-state index contributed by atoms with van der Waals surface area (Å²) < 4.78 is 7.07. The van der Waals surface area contributed by atoms with Crippen LogP contribution < -0.4 is 15.8 Å². The van der Waals surface area contributed by atoms with Gasteiger partial charge >= 0.3 is 7.12 Å². The topological polar surface area (TPSA) is 84.6 Å². The molecule has 2 N–H and O–H groups in total. The van der Waals surface area contributed by atoms with E-state index >= 15 is 0 Å². The van der Waals surface area contributed by atoms with Crippen LogP contribution in [0.5, 0.6) is 5.75 Å². The number of nitrogens with zero attached hydrogens (tertiary/aromatic N) is 2. The van der Waals surface area contributed by atoms with Gasteiger partial charge in [-0.3, -0.25) is 9.36 Å². The maximum absolute atomic E-state index is 11.8. The average molecular weight is 288 g/mol. The number of ether oxygens (including phenoxy) is 1. The summed E-state index contributed by atoms with van der Waals surface area (Å²) >= 11 is 0. The zero-order chi connectivity index (χ0) is 15.4. The Morgan fingerprint density at radius 2 is 2.05 bits per heavy atom. The van der Waals surface area contributed by atoms with Gasteiger partial charge in [-0.05, 0) is 31.4 Å². The van der Waals surface area contributed by atoms with E-state index in [2.05, 4.69) is 4.98 Å². The summed E-state index contributed by atoms with van der Waals surface area (Å²) in [6.45, 7) is 4.22. The molecule has 0 aliphatic carbocycles. The monoisotopic (exact) mass is 288 g/mol. The lowest BCUT2D eigenvalue weighted by atomic mass is 9.80. The van der Waals surface area contributed by atoms with Crippen LogP contribution in [-0.2, 0) is 6.54 Å². The summed E-state index contributed by atoms with van der Waals surface area (Å²) in [6, 6.07) is 8.02. The average Bonchev–Trinajstić information content (AvgIpc) is 2.42. The number of aromatic nitrogens is 2. The van der Waals surface area contributed by atoms with Crippen molar-refractivity contribution in [2.24, 2.45) is 0 Å². The highest BCUT2D eigenvalue weighted by Crippen LogP contribution is 2.07. The van der Waals surface area contributed by atoms with Crippen molar-refractivity contribution in [1.29, 1.82) is 0 Å². The second-order valence-electron chi connectivity index (χ2n) is 4.73. The fraction of sp³-hybridized carbons (Fsp3) is 0.286. The third-order valence-electron chi connectivity index (χ3n) is 3.07. The molecule has 6 nitrogen and oxygen atoms in total. The number of hydrogen-bond donors (Lipinski definition) is 2. The van der Waals surface area contributed by atoms with E-state index in [9.17, 15) is 4.79 Å². The minimum Gasteiger partial charge on any atom is -0.492 e. The predicted octanol–water partition coefficient (Wildman–Crippen LogP) is -0.381. The normalized spacial score (nSPS) is 10.5. The summed E-state index contributed by atoms with van der Waals surface area (Å²) in [5, 5.41) is 18.2. The third kappa shape index (κ3) is 3.93. The van der Waals surface area contributed by atoms with Gasteiger partial charge in [0.15, 0.2) is 0 Å². The molecule has 0 spiro atoms. The first-order chi connectivity index (χ1) is 9.97. The molecule has 2 aromatic rings. The molecule has 0 saturated carbocycles. The SMILES string of the molecule is Cc1cc(=O)n(CCOc2cccc(B(O)O)c2)c(C)n1. The Morgan fingerprint density at radius 1 is 1.29 bits per heavy atom. The van der Waals surface area contributed by atoms with Crippen LogP contribution >= 0.6 is 0 Å². The molecule has 110 valence electrons. The summed E-state index contributed by atoms with van der Waals surface area (Å²) in [6.07, 6.45) is 0. The maximum Gasteiger partial charge on any atom is 0.488 e. The van der Waals surface area contributed by atoms with E-state index in [0.29, 0.717) is 29.3 Å². The lowest BCUT2D eigenvalue weighted by Crippen LogP contribution is -2.29. The van der Waals surface area contributed by atoms with Crippen LogP contribution in [0, 0.1) is 13.8 Å². The Labute approximate surface area is 122 Å². The van der Waals surface area contributed by atoms with Gasteiger partial charge in [-0.1, -0.05) is 12.1 Å². The van der Waals surface area contributed by atoms with E-state index in [4.69, 9.17) is 14.8 Å². The Hall–Kier alpha value is -2.12. The van der Waals surface area contributed by atoms with Gasteiger partial charge in [0.2, 0.25) is 0 Å². The van der Waals surface area contributed by atoms with Gasteiger partial charge in [-0.2, -0.15) is 0 Å². The number of hydrogen-bond acceptors (Lipinski definition) is 5. The van der Waals surface area contributed by atoms with Gasteiger partial charge < -0.3 is 14.8 Å². The van der Waals surface area contributed by atoms with Gasteiger partial charge in [0.25, 0.3) is 5.56 Å². The van der Waals surface area contributed by atoms with E-state index in [1.54, 1.807) is 38.1 Å². The van der Waals surface area contributed by atoms with Gasteiger partial charge in [-0.25, -0.2) is 4.98 Å². The molecule has 0 bridgehead atoms. The molecule has 21 heavy (non-hydrogen) atoms. The van der Waals surface area contributed by atoms with Crippen molar-refractivity contribution in [2.45, 2.75) is 20.4 Å².